The monoisotopic (exact) mass is 206 g/mol. The Morgan fingerprint density at radius 2 is 1.71 bits per heavy atom. The molecule has 0 radical (unpaired) electrons. The third kappa shape index (κ3) is 1.45. The van der Waals surface area contributed by atoms with E-state index in [2.05, 4.69) is 0 Å². The topological polar surface area (TPSA) is 37.3 Å². The molecule has 0 spiro atoms. The minimum absolute atomic E-state index is 0.478. The maximum absolute atomic E-state index is 11.0. The normalized spacial score (nSPS) is 13.0. The molecule has 3 heteroatoms. The molecule has 2 aromatic rings. The predicted octanol–water partition coefficient (Wildman–Crippen LogP) is 2.73. The van der Waals surface area contributed by atoms with Crippen molar-refractivity contribution >= 4 is 21.9 Å². The summed E-state index contributed by atoms with van der Waals surface area (Å²) in [6, 6.07) is 11.2. The Kier molecular flexibility index (Phi) is 2.35. The molecule has 0 saturated heterocycles. The average Bonchev–Trinajstić information content (AvgIpc) is 2.17. The van der Waals surface area contributed by atoms with Crippen LogP contribution >= 0.6 is 0 Å². The number of benzene rings is 2. The van der Waals surface area contributed by atoms with E-state index in [0.29, 0.717) is 4.90 Å². The minimum atomic E-state index is -1.91. The second-order valence-corrected chi connectivity index (χ2v) is 4.11. The lowest BCUT2D eigenvalue weighted by molar-refractivity contribution is 0.565. The van der Waals surface area contributed by atoms with Gasteiger partial charge in [-0.05, 0) is 23.9 Å². The summed E-state index contributed by atoms with van der Waals surface area (Å²) in [4.78, 5) is 0.478. The van der Waals surface area contributed by atoms with Gasteiger partial charge in [0.05, 0.1) is 4.90 Å². The van der Waals surface area contributed by atoms with E-state index in [4.69, 9.17) is 4.55 Å². The van der Waals surface area contributed by atoms with Gasteiger partial charge in [-0.15, -0.1) is 0 Å². The van der Waals surface area contributed by atoms with Crippen LogP contribution < -0.4 is 0 Å². The highest BCUT2D eigenvalue weighted by Crippen LogP contribution is 2.23. The van der Waals surface area contributed by atoms with Gasteiger partial charge in [0.25, 0.3) is 0 Å². The molecule has 14 heavy (non-hydrogen) atoms. The fourth-order valence-electron chi connectivity index (χ4n) is 1.59. The first-order chi connectivity index (χ1) is 6.70. The van der Waals surface area contributed by atoms with Crippen LogP contribution in [0, 0.1) is 6.92 Å². The lowest BCUT2D eigenvalue weighted by Crippen LogP contribution is -1.90. The van der Waals surface area contributed by atoms with Crippen LogP contribution in [0.1, 0.15) is 5.56 Å². The van der Waals surface area contributed by atoms with Crippen molar-refractivity contribution in [3.63, 3.8) is 0 Å². The fourth-order valence-corrected chi connectivity index (χ4v) is 2.15. The van der Waals surface area contributed by atoms with Crippen molar-refractivity contribution < 1.29 is 8.76 Å². The molecule has 0 aromatic heterocycles. The van der Waals surface area contributed by atoms with Gasteiger partial charge >= 0.3 is 0 Å². The molecule has 2 nitrogen and oxygen atoms in total. The highest BCUT2D eigenvalue weighted by atomic mass is 32.2. The number of hydrogen-bond donors (Lipinski definition) is 1. The Bertz CT molecular complexity index is 506. The molecule has 1 unspecified atom stereocenters. The largest absolute Gasteiger partial charge is 0.302 e. The second-order valence-electron chi connectivity index (χ2n) is 3.18. The highest BCUT2D eigenvalue weighted by molar-refractivity contribution is 7.79. The smallest absolute Gasteiger partial charge is 0.187 e. The fraction of sp³-hybridized carbons (Fsp3) is 0.0909. The predicted molar refractivity (Wildman–Crippen MR) is 57.7 cm³/mol. The lowest BCUT2D eigenvalue weighted by Gasteiger charge is -2.04. The van der Waals surface area contributed by atoms with E-state index >= 15 is 0 Å². The lowest BCUT2D eigenvalue weighted by atomic mass is 10.1. The molecule has 0 fully saturated rings. The molecule has 1 atom stereocenters. The summed E-state index contributed by atoms with van der Waals surface area (Å²) in [5.41, 5.74) is 1.12. The van der Waals surface area contributed by atoms with E-state index in [-0.39, 0.29) is 0 Å². The third-order valence-corrected chi connectivity index (χ3v) is 3.02. The maximum Gasteiger partial charge on any atom is 0.187 e. The Morgan fingerprint density at radius 3 is 2.43 bits per heavy atom. The molecule has 0 aliphatic rings. The molecule has 0 heterocycles. The van der Waals surface area contributed by atoms with Gasteiger partial charge < -0.3 is 4.55 Å². The Balaban J connectivity index is 2.88. The van der Waals surface area contributed by atoms with Gasteiger partial charge in [0.1, 0.15) is 0 Å². The summed E-state index contributed by atoms with van der Waals surface area (Å²) < 4.78 is 20.1. The van der Waals surface area contributed by atoms with Crippen molar-refractivity contribution in [3.05, 3.63) is 42.0 Å². The van der Waals surface area contributed by atoms with Crippen molar-refractivity contribution in [1.29, 1.82) is 0 Å². The SMILES string of the molecule is Cc1cccc2c(S(=O)O)cccc12. The third-order valence-electron chi connectivity index (χ3n) is 2.29. The van der Waals surface area contributed by atoms with Gasteiger partial charge in [-0.2, -0.15) is 0 Å². The van der Waals surface area contributed by atoms with Crippen molar-refractivity contribution in [1.82, 2.24) is 0 Å². The number of fused-ring (bicyclic) bond motifs is 1. The molecule has 0 aliphatic heterocycles. The van der Waals surface area contributed by atoms with Crippen LogP contribution in [0.3, 0.4) is 0 Å². The molecule has 0 bridgehead atoms. The first-order valence-corrected chi connectivity index (χ1v) is 5.40. The Morgan fingerprint density at radius 1 is 1.07 bits per heavy atom. The molecule has 2 aromatic carbocycles. The van der Waals surface area contributed by atoms with E-state index in [0.717, 1.165) is 16.3 Å². The Labute approximate surface area is 84.9 Å². The summed E-state index contributed by atoms with van der Waals surface area (Å²) in [6.45, 7) is 1.99. The molecule has 0 amide bonds. The van der Waals surface area contributed by atoms with Crippen LogP contribution in [0.5, 0.6) is 0 Å². The van der Waals surface area contributed by atoms with E-state index in [1.807, 2.05) is 31.2 Å². The van der Waals surface area contributed by atoms with Crippen LogP contribution in [-0.4, -0.2) is 8.76 Å². The molecule has 2 rings (SSSR count). The van der Waals surface area contributed by atoms with E-state index in [9.17, 15) is 4.21 Å². The summed E-state index contributed by atoms with van der Waals surface area (Å²) >= 11 is -1.91. The van der Waals surface area contributed by atoms with E-state index in [1.54, 1.807) is 12.1 Å². The highest BCUT2D eigenvalue weighted by Gasteiger charge is 2.05. The van der Waals surface area contributed by atoms with Crippen molar-refractivity contribution in [2.45, 2.75) is 11.8 Å². The quantitative estimate of drug-likeness (QED) is 0.728. The average molecular weight is 206 g/mol. The van der Waals surface area contributed by atoms with Crippen molar-refractivity contribution in [2.75, 3.05) is 0 Å². The van der Waals surface area contributed by atoms with Crippen molar-refractivity contribution in [2.24, 2.45) is 0 Å². The maximum atomic E-state index is 11.0. The zero-order valence-corrected chi connectivity index (χ0v) is 8.54. The molecule has 0 aliphatic carbocycles. The van der Waals surface area contributed by atoms with Crippen molar-refractivity contribution in [3.8, 4) is 0 Å². The summed E-state index contributed by atoms with van der Waals surface area (Å²) in [7, 11) is 0. The van der Waals surface area contributed by atoms with Gasteiger partial charge in [-0.3, -0.25) is 0 Å². The number of rotatable bonds is 1. The van der Waals surface area contributed by atoms with Crippen LogP contribution in [-0.2, 0) is 11.1 Å². The first-order valence-electron chi connectivity index (χ1n) is 4.29. The van der Waals surface area contributed by atoms with E-state index < -0.39 is 11.1 Å². The molecule has 1 N–H and O–H groups in total. The van der Waals surface area contributed by atoms with Gasteiger partial charge in [-0.25, -0.2) is 4.21 Å². The molecule has 0 saturated carbocycles. The molecule has 72 valence electrons. The minimum Gasteiger partial charge on any atom is -0.302 e. The second kappa shape index (κ2) is 3.52. The summed E-state index contributed by atoms with van der Waals surface area (Å²) in [6.07, 6.45) is 0. The van der Waals surface area contributed by atoms with Gasteiger partial charge in [0.15, 0.2) is 11.1 Å². The van der Waals surface area contributed by atoms with Crippen LogP contribution in [0.25, 0.3) is 10.8 Å². The zero-order chi connectivity index (χ0) is 10.1. The van der Waals surface area contributed by atoms with Gasteiger partial charge in [-0.1, -0.05) is 30.3 Å². The number of hydrogen-bond acceptors (Lipinski definition) is 1. The van der Waals surface area contributed by atoms with Crippen LogP contribution in [0.2, 0.25) is 0 Å². The van der Waals surface area contributed by atoms with Gasteiger partial charge in [0.2, 0.25) is 0 Å². The zero-order valence-electron chi connectivity index (χ0n) is 7.73. The molecular formula is C11H10O2S. The van der Waals surface area contributed by atoms with Crippen LogP contribution in [0.15, 0.2) is 41.3 Å². The Hall–Kier alpha value is -1.19. The number of aryl methyl sites for hydroxylation is 1. The van der Waals surface area contributed by atoms with Gasteiger partial charge in [0, 0.05) is 5.39 Å². The summed E-state index contributed by atoms with van der Waals surface area (Å²) in [5, 5.41) is 1.89. The molecular weight excluding hydrogens is 196 g/mol. The van der Waals surface area contributed by atoms with Crippen LogP contribution in [0.4, 0.5) is 0 Å². The summed E-state index contributed by atoms with van der Waals surface area (Å²) in [5.74, 6) is 0. The van der Waals surface area contributed by atoms with E-state index in [1.165, 1.54) is 0 Å². The standard InChI is InChI=1S/C11H10O2S/c1-8-4-2-6-10-9(8)5-3-7-11(10)14(12)13/h2-7H,1H3,(H,12,13). The first kappa shape index (κ1) is 9.37.